The molecular formula is C29H26F3N3O4. The molecule has 1 N–H and O–H groups in total. The van der Waals surface area contributed by atoms with Crippen molar-refractivity contribution in [3.05, 3.63) is 111 Å². The zero-order chi connectivity index (χ0) is 28.0. The largest absolute Gasteiger partial charge is 0.456 e. The first kappa shape index (κ1) is 27.6. The van der Waals surface area contributed by atoms with Gasteiger partial charge >= 0.3 is 12.1 Å². The maximum absolute atomic E-state index is 13.3. The molecule has 0 aliphatic heterocycles. The van der Waals surface area contributed by atoms with Gasteiger partial charge in [0.1, 0.15) is 5.69 Å². The third-order valence-corrected chi connectivity index (χ3v) is 6.06. The second kappa shape index (κ2) is 11.9. The first-order valence-electron chi connectivity index (χ1n) is 12.2. The van der Waals surface area contributed by atoms with Crippen molar-refractivity contribution in [2.24, 2.45) is 0 Å². The third-order valence-electron chi connectivity index (χ3n) is 6.06. The summed E-state index contributed by atoms with van der Waals surface area (Å²) in [6.07, 6.45) is -5.02. The summed E-state index contributed by atoms with van der Waals surface area (Å²) in [5.74, 6) is -1.22. The lowest BCUT2D eigenvalue weighted by Gasteiger charge is -2.14. The van der Waals surface area contributed by atoms with E-state index in [-0.39, 0.29) is 42.7 Å². The van der Waals surface area contributed by atoms with E-state index in [1.165, 1.54) is 10.6 Å². The van der Waals surface area contributed by atoms with Gasteiger partial charge in [-0.25, -0.2) is 4.98 Å². The Kier molecular flexibility index (Phi) is 8.43. The third kappa shape index (κ3) is 7.31. The maximum Gasteiger partial charge on any atom is 0.416 e. The molecule has 0 saturated carbocycles. The van der Waals surface area contributed by atoms with E-state index in [1.807, 2.05) is 37.3 Å². The number of benzene rings is 3. The number of halogens is 3. The van der Waals surface area contributed by atoms with Crippen molar-refractivity contribution < 1.29 is 27.5 Å². The van der Waals surface area contributed by atoms with Gasteiger partial charge in [0.15, 0.2) is 6.61 Å². The zero-order valence-corrected chi connectivity index (χ0v) is 21.1. The van der Waals surface area contributed by atoms with Crippen molar-refractivity contribution in [2.75, 3.05) is 6.61 Å². The molecule has 1 amide bonds. The molecule has 4 rings (SSSR count). The highest BCUT2D eigenvalue weighted by molar-refractivity contribution is 5.80. The number of nitrogens with zero attached hydrogens (tertiary/aromatic N) is 2. The van der Waals surface area contributed by atoms with Crippen molar-refractivity contribution in [1.29, 1.82) is 0 Å². The number of nitrogens with one attached hydrogen (secondary N) is 1. The Morgan fingerprint density at radius 3 is 2.38 bits per heavy atom. The summed E-state index contributed by atoms with van der Waals surface area (Å²) in [6.45, 7) is 1.85. The number of hydrogen-bond donors (Lipinski definition) is 1. The smallest absolute Gasteiger partial charge is 0.416 e. The predicted molar refractivity (Wildman–Crippen MR) is 139 cm³/mol. The van der Waals surface area contributed by atoms with Crippen LogP contribution in [-0.4, -0.2) is 28.0 Å². The van der Waals surface area contributed by atoms with Crippen molar-refractivity contribution in [3.63, 3.8) is 0 Å². The van der Waals surface area contributed by atoms with Gasteiger partial charge in [0.2, 0.25) is 0 Å². The van der Waals surface area contributed by atoms with Crippen molar-refractivity contribution in [1.82, 2.24) is 14.9 Å². The number of aromatic nitrogens is 2. The number of ether oxygens (including phenoxy) is 1. The maximum atomic E-state index is 13.3. The van der Waals surface area contributed by atoms with Gasteiger partial charge in [-0.3, -0.25) is 14.4 Å². The molecule has 0 fully saturated rings. The molecule has 10 heteroatoms. The Labute approximate surface area is 222 Å². The van der Waals surface area contributed by atoms with E-state index in [2.05, 4.69) is 10.3 Å². The fourth-order valence-corrected chi connectivity index (χ4v) is 3.96. The molecule has 0 radical (unpaired) electrons. The van der Waals surface area contributed by atoms with E-state index < -0.39 is 35.8 Å². The van der Waals surface area contributed by atoms with Gasteiger partial charge in [0, 0.05) is 13.0 Å². The van der Waals surface area contributed by atoms with Crippen LogP contribution in [0.15, 0.2) is 77.6 Å². The Morgan fingerprint density at radius 1 is 0.974 bits per heavy atom. The molecule has 4 aromatic rings. The average molecular weight is 538 g/mol. The molecule has 1 heterocycles. The second-order valence-electron chi connectivity index (χ2n) is 9.06. The highest BCUT2D eigenvalue weighted by atomic mass is 19.4. The molecule has 39 heavy (non-hydrogen) atoms. The minimum atomic E-state index is -4.58. The van der Waals surface area contributed by atoms with Crippen molar-refractivity contribution in [3.8, 4) is 0 Å². The van der Waals surface area contributed by atoms with Crippen LogP contribution in [-0.2, 0) is 40.0 Å². The van der Waals surface area contributed by atoms with Crippen molar-refractivity contribution >= 4 is 22.9 Å². The van der Waals surface area contributed by atoms with Gasteiger partial charge < -0.3 is 14.6 Å². The minimum Gasteiger partial charge on any atom is -0.456 e. The monoisotopic (exact) mass is 537 g/mol. The highest BCUT2D eigenvalue weighted by Gasteiger charge is 2.31. The number of fused-ring (bicyclic) bond motifs is 1. The molecule has 0 bridgehead atoms. The quantitative estimate of drug-likeness (QED) is 0.316. The number of alkyl halides is 3. The summed E-state index contributed by atoms with van der Waals surface area (Å²) in [5.41, 5.74) is 1.50. The zero-order valence-electron chi connectivity index (χ0n) is 21.1. The lowest BCUT2D eigenvalue weighted by atomic mass is 10.1. The Morgan fingerprint density at radius 2 is 1.69 bits per heavy atom. The van der Waals surface area contributed by atoms with Gasteiger partial charge in [-0.05, 0) is 36.2 Å². The highest BCUT2D eigenvalue weighted by Crippen LogP contribution is 2.31. The summed E-state index contributed by atoms with van der Waals surface area (Å²) in [6, 6.07) is 19.6. The molecule has 202 valence electrons. The number of rotatable bonds is 9. The summed E-state index contributed by atoms with van der Waals surface area (Å²) in [5, 5.41) is 2.65. The molecule has 0 aliphatic rings. The van der Waals surface area contributed by atoms with E-state index in [0.29, 0.717) is 0 Å². The van der Waals surface area contributed by atoms with E-state index >= 15 is 0 Å². The normalized spacial score (nSPS) is 11.4. The van der Waals surface area contributed by atoms with E-state index in [4.69, 9.17) is 4.74 Å². The van der Waals surface area contributed by atoms with Crippen LogP contribution < -0.4 is 10.9 Å². The number of aryl methyl sites for hydroxylation is 2. The predicted octanol–water partition coefficient (Wildman–Crippen LogP) is 4.56. The van der Waals surface area contributed by atoms with Crippen LogP contribution in [0.2, 0.25) is 0 Å². The number of amides is 1. The molecule has 0 spiro atoms. The van der Waals surface area contributed by atoms with Crippen LogP contribution in [0.1, 0.15) is 34.4 Å². The van der Waals surface area contributed by atoms with Gasteiger partial charge in [0.05, 0.1) is 29.6 Å². The molecule has 7 nitrogen and oxygen atoms in total. The summed E-state index contributed by atoms with van der Waals surface area (Å²) >= 11 is 0. The molecule has 1 aromatic heterocycles. The lowest BCUT2D eigenvalue weighted by Crippen LogP contribution is -2.29. The van der Waals surface area contributed by atoms with Gasteiger partial charge in [-0.2, -0.15) is 13.2 Å². The number of carbonyl (C=O) groups excluding carboxylic acids is 2. The Bertz CT molecular complexity index is 1530. The molecule has 0 atom stereocenters. The molecule has 0 unspecified atom stereocenters. The van der Waals surface area contributed by atoms with Crippen LogP contribution in [0.4, 0.5) is 13.2 Å². The van der Waals surface area contributed by atoms with E-state index in [9.17, 15) is 27.6 Å². The Balaban J connectivity index is 1.45. The van der Waals surface area contributed by atoms with Gasteiger partial charge in [-0.15, -0.1) is 0 Å². The first-order valence-corrected chi connectivity index (χ1v) is 12.2. The van der Waals surface area contributed by atoms with Gasteiger partial charge in [0.25, 0.3) is 11.5 Å². The second-order valence-corrected chi connectivity index (χ2v) is 9.06. The van der Waals surface area contributed by atoms with Crippen LogP contribution >= 0.6 is 0 Å². The molecule has 0 saturated heterocycles. The summed E-state index contributed by atoms with van der Waals surface area (Å²) < 4.78 is 46.3. The topological polar surface area (TPSA) is 90.3 Å². The van der Waals surface area contributed by atoms with Gasteiger partial charge in [-0.1, -0.05) is 60.2 Å². The summed E-state index contributed by atoms with van der Waals surface area (Å²) in [7, 11) is 0. The van der Waals surface area contributed by atoms with Crippen LogP contribution in [0.3, 0.4) is 0 Å². The van der Waals surface area contributed by atoms with Crippen LogP contribution in [0, 0.1) is 6.92 Å². The van der Waals surface area contributed by atoms with E-state index in [1.54, 1.807) is 24.3 Å². The Hall–Kier alpha value is -4.47. The molecular weight excluding hydrogens is 511 g/mol. The molecule has 0 aliphatic carbocycles. The van der Waals surface area contributed by atoms with Crippen LogP contribution in [0.25, 0.3) is 11.0 Å². The SMILES string of the molecule is Cc1ccc(CNC(=O)COC(=O)CCc2nc3cc(C(F)(F)F)ccc3n(Cc3ccccc3)c2=O)cc1. The standard InChI is InChI=1S/C29H26F3N3O4/c1-19-7-9-20(10-8-19)16-33-26(36)18-39-27(37)14-12-23-28(38)35(17-21-5-3-2-4-6-21)25-13-11-22(29(30,31)32)15-24(25)34-23/h2-11,13,15H,12,14,16-18H2,1H3,(H,33,36). The number of hydrogen-bond acceptors (Lipinski definition) is 5. The van der Waals surface area contributed by atoms with Crippen molar-refractivity contribution in [2.45, 2.75) is 39.0 Å². The minimum absolute atomic E-state index is 0.0146. The summed E-state index contributed by atoms with van der Waals surface area (Å²) in [4.78, 5) is 41.7. The number of carbonyl (C=O) groups is 2. The molecule has 3 aromatic carbocycles. The van der Waals surface area contributed by atoms with E-state index in [0.717, 1.165) is 28.8 Å². The lowest BCUT2D eigenvalue weighted by molar-refractivity contribution is -0.148. The fraction of sp³-hybridized carbons (Fsp3) is 0.241. The average Bonchev–Trinajstić information content (AvgIpc) is 2.92. The van der Waals surface area contributed by atoms with Crippen LogP contribution in [0.5, 0.6) is 0 Å². The fourth-order valence-electron chi connectivity index (χ4n) is 3.96. The first-order chi connectivity index (χ1) is 18.6. The number of esters is 1.